The molecule has 3 amide bonds. The minimum atomic E-state index is -1.13. The van der Waals surface area contributed by atoms with Crippen molar-refractivity contribution in [1.82, 2.24) is 15.5 Å². The molecule has 0 aromatic heterocycles. The highest BCUT2D eigenvalue weighted by atomic mass is 35.5. The van der Waals surface area contributed by atoms with Crippen molar-refractivity contribution in [2.45, 2.75) is 37.9 Å². The summed E-state index contributed by atoms with van der Waals surface area (Å²) >= 11 is 12.2. The Hall–Kier alpha value is -2.69. The molecule has 196 valence electrons. The lowest BCUT2D eigenvalue weighted by Gasteiger charge is -2.24. The summed E-state index contributed by atoms with van der Waals surface area (Å²) in [6.45, 7) is 1.31. The van der Waals surface area contributed by atoms with E-state index in [1.54, 1.807) is 18.2 Å². The largest absolute Gasteiger partial charge is 0.350 e. The Balaban J connectivity index is 2.06. The molecule has 0 aliphatic carbocycles. The lowest BCUT2D eigenvalue weighted by Crippen LogP contribution is -2.53. The van der Waals surface area contributed by atoms with Crippen LogP contribution in [0.2, 0.25) is 10.0 Å². The molecule has 36 heavy (non-hydrogen) atoms. The molecule has 0 bridgehead atoms. The zero-order valence-corrected chi connectivity index (χ0v) is 21.6. The molecule has 2 rings (SSSR count). The Morgan fingerprint density at radius 2 is 1.61 bits per heavy atom. The van der Waals surface area contributed by atoms with Crippen molar-refractivity contribution >= 4 is 40.9 Å². The van der Waals surface area contributed by atoms with E-state index in [0.29, 0.717) is 41.5 Å². The van der Waals surface area contributed by atoms with E-state index in [1.165, 1.54) is 4.90 Å². The summed E-state index contributed by atoms with van der Waals surface area (Å²) in [6, 6.07) is 12.5. The molecule has 0 heterocycles. The standard InChI is InChI=1S/C25H34Cl2N6O3/c26-19-7-8-20(27)18(14-19)16-31-25(36)22(9-6-17-4-2-1-3-5-17)32-24(35)21(30)15-23(34)33(12-10-28)13-11-29/h1-5,7-8,14,21-22H,6,9-13,15-16,28-30H2,(H,31,36)(H,32,35)/t21-,22-/m0/s1. The first-order chi connectivity index (χ1) is 17.2. The average molecular weight is 537 g/mol. The zero-order valence-electron chi connectivity index (χ0n) is 20.1. The highest BCUT2D eigenvalue weighted by Crippen LogP contribution is 2.20. The predicted octanol–water partition coefficient (Wildman–Crippen LogP) is 1.19. The van der Waals surface area contributed by atoms with Crippen LogP contribution in [0.15, 0.2) is 48.5 Å². The quantitative estimate of drug-likeness (QED) is 0.244. The van der Waals surface area contributed by atoms with Crippen molar-refractivity contribution in [2.24, 2.45) is 17.2 Å². The normalized spacial score (nSPS) is 12.5. The van der Waals surface area contributed by atoms with Crippen molar-refractivity contribution in [3.63, 3.8) is 0 Å². The number of hydrogen-bond acceptors (Lipinski definition) is 6. The molecule has 2 aromatic rings. The molecule has 0 saturated heterocycles. The van der Waals surface area contributed by atoms with Crippen LogP contribution >= 0.6 is 23.2 Å². The summed E-state index contributed by atoms with van der Waals surface area (Å²) in [5, 5.41) is 6.46. The molecule has 2 aromatic carbocycles. The van der Waals surface area contributed by atoms with Crippen LogP contribution in [0.1, 0.15) is 24.0 Å². The second-order valence-corrected chi connectivity index (χ2v) is 9.15. The predicted molar refractivity (Wildman–Crippen MR) is 142 cm³/mol. The molecule has 8 N–H and O–H groups in total. The van der Waals surface area contributed by atoms with Crippen LogP contribution in [0.4, 0.5) is 0 Å². The Morgan fingerprint density at radius 3 is 2.25 bits per heavy atom. The minimum absolute atomic E-state index is 0.133. The van der Waals surface area contributed by atoms with Crippen molar-refractivity contribution in [3.05, 3.63) is 69.7 Å². The number of nitrogens with one attached hydrogen (secondary N) is 2. The van der Waals surface area contributed by atoms with E-state index in [0.717, 1.165) is 5.56 Å². The molecule has 2 atom stereocenters. The molecule has 0 radical (unpaired) electrons. The SMILES string of the molecule is NCCN(CCN)C(=O)C[C@H](N)C(=O)N[C@@H](CCc1ccccc1)C(=O)NCc1cc(Cl)ccc1Cl. The first kappa shape index (κ1) is 29.5. The first-order valence-electron chi connectivity index (χ1n) is 11.7. The van der Waals surface area contributed by atoms with Gasteiger partial charge in [0, 0.05) is 42.8 Å². The van der Waals surface area contributed by atoms with Crippen LogP contribution in [0, 0.1) is 0 Å². The molecule has 0 unspecified atom stereocenters. The van der Waals surface area contributed by atoms with Gasteiger partial charge in [0.2, 0.25) is 17.7 Å². The monoisotopic (exact) mass is 536 g/mol. The van der Waals surface area contributed by atoms with Crippen LogP contribution in [-0.2, 0) is 27.3 Å². The molecule has 0 saturated carbocycles. The fourth-order valence-corrected chi connectivity index (χ4v) is 3.95. The lowest BCUT2D eigenvalue weighted by atomic mass is 10.0. The number of amides is 3. The van der Waals surface area contributed by atoms with E-state index in [4.69, 9.17) is 40.4 Å². The Labute approximate surface area is 221 Å². The van der Waals surface area contributed by atoms with E-state index in [9.17, 15) is 14.4 Å². The van der Waals surface area contributed by atoms with Gasteiger partial charge in [-0.15, -0.1) is 0 Å². The van der Waals surface area contributed by atoms with E-state index in [1.807, 2.05) is 30.3 Å². The molecule has 9 nitrogen and oxygen atoms in total. The second kappa shape index (κ2) is 15.4. The van der Waals surface area contributed by atoms with Gasteiger partial charge in [-0.2, -0.15) is 0 Å². The number of benzene rings is 2. The third kappa shape index (κ3) is 9.75. The summed E-state index contributed by atoms with van der Waals surface area (Å²) in [5.74, 6) is -1.33. The summed E-state index contributed by atoms with van der Waals surface area (Å²) in [4.78, 5) is 39.9. The van der Waals surface area contributed by atoms with E-state index >= 15 is 0 Å². The van der Waals surface area contributed by atoms with E-state index in [2.05, 4.69) is 10.6 Å². The lowest BCUT2D eigenvalue weighted by molar-refractivity contribution is -0.135. The molecular formula is C25H34Cl2N6O3. The highest BCUT2D eigenvalue weighted by Gasteiger charge is 2.26. The van der Waals surface area contributed by atoms with Gasteiger partial charge in [-0.3, -0.25) is 14.4 Å². The van der Waals surface area contributed by atoms with Gasteiger partial charge in [-0.1, -0.05) is 53.5 Å². The van der Waals surface area contributed by atoms with Gasteiger partial charge in [-0.05, 0) is 42.2 Å². The number of aryl methyl sites for hydroxylation is 1. The fourth-order valence-electron chi connectivity index (χ4n) is 3.57. The van der Waals surface area contributed by atoms with Crippen LogP contribution in [-0.4, -0.2) is 60.9 Å². The number of halogens is 2. The van der Waals surface area contributed by atoms with Crippen molar-refractivity contribution < 1.29 is 14.4 Å². The maximum atomic E-state index is 13.0. The third-order valence-electron chi connectivity index (χ3n) is 5.54. The topological polar surface area (TPSA) is 157 Å². The second-order valence-electron chi connectivity index (χ2n) is 8.31. The smallest absolute Gasteiger partial charge is 0.242 e. The molecular weight excluding hydrogens is 503 g/mol. The van der Waals surface area contributed by atoms with Gasteiger partial charge >= 0.3 is 0 Å². The number of hydrogen-bond donors (Lipinski definition) is 5. The number of nitrogens with zero attached hydrogens (tertiary/aromatic N) is 1. The van der Waals surface area contributed by atoms with Gasteiger partial charge in [0.05, 0.1) is 12.5 Å². The van der Waals surface area contributed by atoms with Gasteiger partial charge in [-0.25, -0.2) is 0 Å². The summed E-state index contributed by atoms with van der Waals surface area (Å²) in [6.07, 6.45) is 0.654. The molecule has 0 fully saturated rings. The maximum absolute atomic E-state index is 13.0. The van der Waals surface area contributed by atoms with Crippen molar-refractivity contribution in [1.29, 1.82) is 0 Å². The zero-order chi connectivity index (χ0) is 26.5. The van der Waals surface area contributed by atoms with Gasteiger partial charge in [0.15, 0.2) is 0 Å². The van der Waals surface area contributed by atoms with E-state index < -0.39 is 23.9 Å². The first-order valence-corrected chi connectivity index (χ1v) is 12.5. The van der Waals surface area contributed by atoms with Crippen LogP contribution in [0.5, 0.6) is 0 Å². The molecule has 0 aliphatic rings. The van der Waals surface area contributed by atoms with Crippen LogP contribution in [0.3, 0.4) is 0 Å². The van der Waals surface area contributed by atoms with Crippen molar-refractivity contribution in [3.8, 4) is 0 Å². The number of carbonyl (C=O) groups excluding carboxylic acids is 3. The summed E-state index contributed by atoms with van der Waals surface area (Å²) < 4.78 is 0. The third-order valence-corrected chi connectivity index (χ3v) is 6.14. The number of rotatable bonds is 14. The Kier molecular flexibility index (Phi) is 12.7. The average Bonchev–Trinajstić information content (AvgIpc) is 2.87. The van der Waals surface area contributed by atoms with Crippen LogP contribution in [0.25, 0.3) is 0 Å². The van der Waals surface area contributed by atoms with E-state index in [-0.39, 0.29) is 32.0 Å². The van der Waals surface area contributed by atoms with Gasteiger partial charge < -0.3 is 32.7 Å². The maximum Gasteiger partial charge on any atom is 0.242 e. The number of carbonyl (C=O) groups is 3. The van der Waals surface area contributed by atoms with Gasteiger partial charge in [0.1, 0.15) is 6.04 Å². The Morgan fingerprint density at radius 1 is 0.944 bits per heavy atom. The molecule has 0 spiro atoms. The van der Waals surface area contributed by atoms with Crippen molar-refractivity contribution in [2.75, 3.05) is 26.2 Å². The Bertz CT molecular complexity index is 1000. The number of nitrogens with two attached hydrogens (primary N) is 3. The molecule has 11 heteroatoms. The minimum Gasteiger partial charge on any atom is -0.350 e. The molecule has 0 aliphatic heterocycles. The fraction of sp³-hybridized carbons (Fsp3) is 0.400. The van der Waals surface area contributed by atoms with Crippen LogP contribution < -0.4 is 27.8 Å². The van der Waals surface area contributed by atoms with Gasteiger partial charge in [0.25, 0.3) is 0 Å². The summed E-state index contributed by atoms with van der Waals surface area (Å²) in [7, 11) is 0. The highest BCUT2D eigenvalue weighted by molar-refractivity contribution is 6.33. The summed E-state index contributed by atoms with van der Waals surface area (Å²) in [5.41, 5.74) is 18.8.